The van der Waals surface area contributed by atoms with Crippen molar-refractivity contribution in [2.75, 3.05) is 6.54 Å². The van der Waals surface area contributed by atoms with E-state index in [0.29, 0.717) is 23.4 Å². The summed E-state index contributed by atoms with van der Waals surface area (Å²) in [6.45, 7) is 9.82. The minimum absolute atomic E-state index is 0.161. The van der Waals surface area contributed by atoms with Crippen LogP contribution in [0, 0.1) is 11.3 Å². The minimum atomic E-state index is -0.766. The van der Waals surface area contributed by atoms with Crippen molar-refractivity contribution >= 4 is 5.91 Å². The summed E-state index contributed by atoms with van der Waals surface area (Å²) in [6, 6.07) is 0. The summed E-state index contributed by atoms with van der Waals surface area (Å²) in [5.41, 5.74) is 0.0751. The zero-order chi connectivity index (χ0) is 16.4. The maximum absolute atomic E-state index is 12.1. The lowest BCUT2D eigenvalue weighted by atomic mass is 9.68. The van der Waals surface area contributed by atoms with E-state index < -0.39 is 5.60 Å². The molecule has 22 heavy (non-hydrogen) atoms. The number of amides is 1. The Hall–Kier alpha value is -1.36. The van der Waals surface area contributed by atoms with Crippen LogP contribution >= 0.6 is 0 Å². The molecule has 0 unspecified atom stereocenters. The quantitative estimate of drug-likeness (QED) is 0.898. The number of nitrogens with zero attached hydrogens (tertiary/aromatic N) is 2. The molecule has 1 aromatic rings. The van der Waals surface area contributed by atoms with Crippen molar-refractivity contribution in [2.24, 2.45) is 11.3 Å². The molecule has 5 heteroatoms. The highest BCUT2D eigenvalue weighted by Crippen LogP contribution is 2.41. The molecule has 0 saturated heterocycles. The van der Waals surface area contributed by atoms with Crippen molar-refractivity contribution in [1.29, 1.82) is 0 Å². The van der Waals surface area contributed by atoms with Gasteiger partial charge in [0.1, 0.15) is 0 Å². The highest BCUT2D eigenvalue weighted by atomic mass is 16.3. The SMILES string of the molecule is CCn1cc(C(=O)NCC2(O)CCC(C(C)(C)C)CC2)cn1. The molecule has 1 amide bonds. The lowest BCUT2D eigenvalue weighted by Crippen LogP contribution is -2.46. The van der Waals surface area contributed by atoms with Crippen LogP contribution < -0.4 is 5.32 Å². The van der Waals surface area contributed by atoms with E-state index in [1.165, 1.54) is 0 Å². The monoisotopic (exact) mass is 307 g/mol. The van der Waals surface area contributed by atoms with E-state index in [0.717, 1.165) is 32.2 Å². The first kappa shape index (κ1) is 17.0. The first-order valence-electron chi connectivity index (χ1n) is 8.26. The van der Waals surface area contributed by atoms with E-state index >= 15 is 0 Å². The van der Waals surface area contributed by atoms with Crippen LogP contribution in [0.1, 0.15) is 63.7 Å². The van der Waals surface area contributed by atoms with E-state index in [1.54, 1.807) is 17.1 Å². The Morgan fingerprint density at radius 2 is 2.09 bits per heavy atom. The molecule has 1 heterocycles. The van der Waals surface area contributed by atoms with Gasteiger partial charge in [0, 0.05) is 19.3 Å². The van der Waals surface area contributed by atoms with Crippen LogP contribution in [0.15, 0.2) is 12.4 Å². The fraction of sp³-hybridized carbons (Fsp3) is 0.765. The molecule has 0 spiro atoms. The van der Waals surface area contributed by atoms with Crippen LogP contribution in [0.2, 0.25) is 0 Å². The molecule has 0 atom stereocenters. The van der Waals surface area contributed by atoms with Gasteiger partial charge in [-0.1, -0.05) is 20.8 Å². The van der Waals surface area contributed by atoms with Crippen LogP contribution in [-0.2, 0) is 6.54 Å². The summed E-state index contributed by atoms with van der Waals surface area (Å²) in [4.78, 5) is 12.1. The highest BCUT2D eigenvalue weighted by molar-refractivity contribution is 5.93. The molecule has 124 valence electrons. The predicted molar refractivity (Wildman–Crippen MR) is 86.6 cm³/mol. The Balaban J connectivity index is 1.85. The molecule has 0 radical (unpaired) electrons. The number of carbonyl (C=O) groups excluding carboxylic acids is 1. The van der Waals surface area contributed by atoms with Crippen LogP contribution in [0.3, 0.4) is 0 Å². The zero-order valence-electron chi connectivity index (χ0n) is 14.2. The van der Waals surface area contributed by atoms with Crippen molar-refractivity contribution in [3.05, 3.63) is 18.0 Å². The summed E-state index contributed by atoms with van der Waals surface area (Å²) in [5, 5.41) is 17.6. The topological polar surface area (TPSA) is 67.2 Å². The van der Waals surface area contributed by atoms with E-state index in [4.69, 9.17) is 0 Å². The third-order valence-electron chi connectivity index (χ3n) is 4.94. The molecule has 2 rings (SSSR count). The molecule has 1 fully saturated rings. The molecule has 1 aliphatic carbocycles. The van der Waals surface area contributed by atoms with Gasteiger partial charge < -0.3 is 10.4 Å². The number of hydrogen-bond donors (Lipinski definition) is 2. The van der Waals surface area contributed by atoms with Gasteiger partial charge in [-0.15, -0.1) is 0 Å². The van der Waals surface area contributed by atoms with Crippen LogP contribution in [0.25, 0.3) is 0 Å². The van der Waals surface area contributed by atoms with Crippen molar-refractivity contribution < 1.29 is 9.90 Å². The van der Waals surface area contributed by atoms with Crippen LogP contribution in [0.5, 0.6) is 0 Å². The number of aliphatic hydroxyl groups is 1. The van der Waals surface area contributed by atoms with E-state index in [1.807, 2.05) is 6.92 Å². The Kier molecular flexibility index (Phi) is 4.95. The Morgan fingerprint density at radius 3 is 2.59 bits per heavy atom. The molecule has 1 aliphatic rings. The molecule has 2 N–H and O–H groups in total. The zero-order valence-corrected chi connectivity index (χ0v) is 14.2. The van der Waals surface area contributed by atoms with Crippen molar-refractivity contribution in [3.63, 3.8) is 0 Å². The fourth-order valence-corrected chi connectivity index (χ4v) is 3.20. The van der Waals surface area contributed by atoms with E-state index in [-0.39, 0.29) is 5.91 Å². The smallest absolute Gasteiger partial charge is 0.254 e. The normalized spacial score (nSPS) is 26.0. The Labute approximate surface area is 133 Å². The number of rotatable bonds is 4. The highest BCUT2D eigenvalue weighted by Gasteiger charge is 2.37. The third kappa shape index (κ3) is 4.09. The maximum atomic E-state index is 12.1. The van der Waals surface area contributed by atoms with Crippen molar-refractivity contribution in [2.45, 2.75) is 65.5 Å². The number of carbonyl (C=O) groups is 1. The lowest BCUT2D eigenvalue weighted by molar-refractivity contribution is -0.0228. The van der Waals surface area contributed by atoms with E-state index in [9.17, 15) is 9.90 Å². The van der Waals surface area contributed by atoms with Crippen LogP contribution in [0.4, 0.5) is 0 Å². The molecule has 0 bridgehead atoms. The van der Waals surface area contributed by atoms with Gasteiger partial charge in [-0.2, -0.15) is 5.10 Å². The summed E-state index contributed by atoms with van der Waals surface area (Å²) in [6.07, 6.45) is 6.84. The second-order valence-electron chi connectivity index (χ2n) is 7.63. The molecule has 1 aromatic heterocycles. The predicted octanol–water partition coefficient (Wildman–Crippen LogP) is 2.60. The Bertz CT molecular complexity index is 508. The van der Waals surface area contributed by atoms with Gasteiger partial charge in [0.05, 0.1) is 17.4 Å². The average molecular weight is 307 g/mol. The molecular formula is C17H29N3O2. The Morgan fingerprint density at radius 1 is 1.45 bits per heavy atom. The van der Waals surface area contributed by atoms with Crippen molar-refractivity contribution in [3.8, 4) is 0 Å². The molecule has 0 aliphatic heterocycles. The fourth-order valence-electron chi connectivity index (χ4n) is 3.20. The molecule has 1 saturated carbocycles. The van der Waals surface area contributed by atoms with Gasteiger partial charge in [-0.25, -0.2) is 0 Å². The largest absolute Gasteiger partial charge is 0.388 e. The summed E-state index contributed by atoms with van der Waals surface area (Å²) < 4.78 is 1.72. The lowest BCUT2D eigenvalue weighted by Gasteiger charge is -2.41. The molecule has 5 nitrogen and oxygen atoms in total. The van der Waals surface area contributed by atoms with Gasteiger partial charge in [0.15, 0.2) is 0 Å². The van der Waals surface area contributed by atoms with Crippen LogP contribution in [-0.4, -0.2) is 32.9 Å². The number of aromatic nitrogens is 2. The van der Waals surface area contributed by atoms with Gasteiger partial charge in [-0.3, -0.25) is 9.48 Å². The molecule has 0 aromatic carbocycles. The number of hydrogen-bond acceptors (Lipinski definition) is 3. The summed E-state index contributed by atoms with van der Waals surface area (Å²) in [5.74, 6) is 0.484. The molecular weight excluding hydrogens is 278 g/mol. The van der Waals surface area contributed by atoms with Crippen molar-refractivity contribution in [1.82, 2.24) is 15.1 Å². The van der Waals surface area contributed by atoms with E-state index in [2.05, 4.69) is 31.2 Å². The second-order valence-corrected chi connectivity index (χ2v) is 7.63. The first-order chi connectivity index (χ1) is 10.2. The van der Waals surface area contributed by atoms with Gasteiger partial charge >= 0.3 is 0 Å². The first-order valence-corrected chi connectivity index (χ1v) is 8.26. The average Bonchev–Trinajstić information content (AvgIpc) is 2.93. The van der Waals surface area contributed by atoms with Gasteiger partial charge in [-0.05, 0) is 43.9 Å². The standard InChI is InChI=1S/C17H29N3O2/c1-5-20-11-13(10-19-20)15(21)18-12-17(22)8-6-14(7-9-17)16(2,3)4/h10-11,14,22H,5-9,12H2,1-4H3,(H,18,21). The number of nitrogens with one attached hydrogen (secondary N) is 1. The number of aryl methyl sites for hydroxylation is 1. The maximum Gasteiger partial charge on any atom is 0.254 e. The van der Waals surface area contributed by atoms with Gasteiger partial charge in [0.2, 0.25) is 0 Å². The summed E-state index contributed by atoms with van der Waals surface area (Å²) >= 11 is 0. The van der Waals surface area contributed by atoms with Gasteiger partial charge in [0.25, 0.3) is 5.91 Å². The minimum Gasteiger partial charge on any atom is -0.388 e. The summed E-state index contributed by atoms with van der Waals surface area (Å²) in [7, 11) is 0. The third-order valence-corrected chi connectivity index (χ3v) is 4.94. The second kappa shape index (κ2) is 6.41.